The van der Waals surface area contributed by atoms with Crippen molar-refractivity contribution in [1.82, 2.24) is 19.4 Å². The molecule has 2 atom stereocenters. The van der Waals surface area contributed by atoms with Crippen LogP contribution in [0.5, 0.6) is 5.75 Å². The second-order valence-corrected chi connectivity index (χ2v) is 11.8. The van der Waals surface area contributed by atoms with Crippen LogP contribution in [0.25, 0.3) is 16.6 Å². The van der Waals surface area contributed by atoms with E-state index in [1.165, 1.54) is 11.1 Å². The van der Waals surface area contributed by atoms with Gasteiger partial charge in [0.05, 0.1) is 48.1 Å². The number of halogens is 1. The van der Waals surface area contributed by atoms with Gasteiger partial charge in [-0.2, -0.15) is 0 Å². The quantitative estimate of drug-likeness (QED) is 0.273. The van der Waals surface area contributed by atoms with Crippen molar-refractivity contribution >= 4 is 34.2 Å². The molecule has 0 radical (unpaired) electrons. The molecule has 1 saturated heterocycles. The third-order valence-corrected chi connectivity index (χ3v) is 8.88. The van der Waals surface area contributed by atoms with E-state index < -0.39 is 5.97 Å². The SMILES string of the molecule is O=C(O)c1ccc2nc(CN3CC=C(c4cccc(CC5CCOc6cc(Cl)ccc65)n4)CC3)n(C[C@@H]3CCO3)c2c1. The zero-order chi connectivity index (χ0) is 28.6. The summed E-state index contributed by atoms with van der Waals surface area (Å²) in [5.74, 6) is 1.26. The molecule has 42 heavy (non-hydrogen) atoms. The van der Waals surface area contributed by atoms with Gasteiger partial charge in [0.2, 0.25) is 0 Å². The van der Waals surface area contributed by atoms with Crippen LogP contribution in [0.15, 0.2) is 60.7 Å². The molecule has 1 fully saturated rings. The van der Waals surface area contributed by atoms with E-state index in [4.69, 9.17) is 31.0 Å². The van der Waals surface area contributed by atoms with Gasteiger partial charge in [0.15, 0.2) is 0 Å². The molecule has 5 heterocycles. The van der Waals surface area contributed by atoms with Crippen molar-refractivity contribution in [2.75, 3.05) is 26.3 Å². The van der Waals surface area contributed by atoms with Gasteiger partial charge in [-0.25, -0.2) is 9.78 Å². The Hall–Kier alpha value is -3.72. The van der Waals surface area contributed by atoms with Crippen LogP contribution >= 0.6 is 11.6 Å². The van der Waals surface area contributed by atoms with Crippen LogP contribution in [-0.4, -0.2) is 62.9 Å². The number of carboxylic acid groups (broad SMARTS) is 1. The van der Waals surface area contributed by atoms with Gasteiger partial charge in [0.1, 0.15) is 11.6 Å². The Balaban J connectivity index is 1.06. The van der Waals surface area contributed by atoms with E-state index in [0.717, 1.165) is 79.4 Å². The molecule has 1 unspecified atom stereocenters. The lowest BCUT2D eigenvalue weighted by atomic mass is 9.89. The van der Waals surface area contributed by atoms with Gasteiger partial charge >= 0.3 is 5.97 Å². The number of carboxylic acids is 1. The number of hydrogen-bond donors (Lipinski definition) is 1. The summed E-state index contributed by atoms with van der Waals surface area (Å²) >= 11 is 6.19. The molecule has 0 spiro atoms. The Morgan fingerprint density at radius 3 is 2.76 bits per heavy atom. The summed E-state index contributed by atoms with van der Waals surface area (Å²) in [7, 11) is 0. The summed E-state index contributed by atoms with van der Waals surface area (Å²) in [5, 5.41) is 10.2. The predicted molar refractivity (Wildman–Crippen MR) is 161 cm³/mol. The van der Waals surface area contributed by atoms with Gasteiger partial charge < -0.3 is 19.1 Å². The summed E-state index contributed by atoms with van der Waals surface area (Å²) in [6.45, 7) is 4.55. The molecule has 4 aromatic rings. The number of fused-ring (bicyclic) bond motifs is 2. The van der Waals surface area contributed by atoms with Gasteiger partial charge in [-0.05, 0) is 85.2 Å². The summed E-state index contributed by atoms with van der Waals surface area (Å²) in [5.41, 5.74) is 6.57. The number of imidazole rings is 1. The number of benzene rings is 2. The first kappa shape index (κ1) is 27.1. The summed E-state index contributed by atoms with van der Waals surface area (Å²) in [4.78, 5) is 24.0. The van der Waals surface area contributed by atoms with Crippen LogP contribution in [-0.2, 0) is 24.2 Å². The number of ether oxygens (including phenoxy) is 2. The number of pyridine rings is 1. The standard InChI is InChI=1S/C33H33ClN4O4/c34-24-5-6-27-22(10-14-42-31(27)18-24)16-25-2-1-3-28(35-25)21-8-12-37(13-9-21)20-32-36-29-7-4-23(33(39)40)17-30(29)38(32)19-26-11-15-41-26/h1-8,17-18,22,26H,9-16,19-20H2,(H,39,40)/t22?,26-/m0/s1. The van der Waals surface area contributed by atoms with Crippen LogP contribution in [0.1, 0.15) is 58.3 Å². The van der Waals surface area contributed by atoms with Crippen molar-refractivity contribution in [1.29, 1.82) is 0 Å². The molecule has 8 nitrogen and oxygen atoms in total. The first-order valence-electron chi connectivity index (χ1n) is 14.6. The van der Waals surface area contributed by atoms with Crippen LogP contribution in [0.3, 0.4) is 0 Å². The highest BCUT2D eigenvalue weighted by Crippen LogP contribution is 2.37. The van der Waals surface area contributed by atoms with Crippen molar-refractivity contribution in [3.8, 4) is 5.75 Å². The fourth-order valence-electron chi connectivity index (χ4n) is 6.22. The second-order valence-electron chi connectivity index (χ2n) is 11.4. The Morgan fingerprint density at radius 1 is 1.07 bits per heavy atom. The molecule has 0 saturated carbocycles. The fourth-order valence-corrected chi connectivity index (χ4v) is 6.39. The summed E-state index contributed by atoms with van der Waals surface area (Å²) in [6.07, 6.45) is 6.18. The summed E-state index contributed by atoms with van der Waals surface area (Å²) < 4.78 is 13.7. The molecule has 0 aliphatic carbocycles. The predicted octanol–water partition coefficient (Wildman–Crippen LogP) is 5.97. The molecule has 2 aromatic carbocycles. The number of aromatic carboxylic acids is 1. The highest BCUT2D eigenvalue weighted by Gasteiger charge is 2.25. The minimum Gasteiger partial charge on any atom is -0.493 e. The van der Waals surface area contributed by atoms with Gasteiger partial charge in [0.25, 0.3) is 0 Å². The molecule has 0 amide bonds. The van der Waals surface area contributed by atoms with Gasteiger partial charge in [-0.3, -0.25) is 9.88 Å². The summed E-state index contributed by atoms with van der Waals surface area (Å²) in [6, 6.07) is 17.4. The van der Waals surface area contributed by atoms with Crippen molar-refractivity contribution in [2.45, 2.75) is 50.8 Å². The molecule has 216 valence electrons. The van der Waals surface area contributed by atoms with Gasteiger partial charge in [-0.15, -0.1) is 0 Å². The van der Waals surface area contributed by atoms with Crippen molar-refractivity contribution in [3.05, 3.63) is 94.0 Å². The maximum atomic E-state index is 11.6. The first-order chi connectivity index (χ1) is 20.5. The normalized spacial score (nSPS) is 20.5. The molecule has 7 rings (SSSR count). The topological polar surface area (TPSA) is 89.7 Å². The third-order valence-electron chi connectivity index (χ3n) is 8.64. The largest absolute Gasteiger partial charge is 0.493 e. The molecule has 9 heteroatoms. The maximum absolute atomic E-state index is 11.6. The molecule has 3 aliphatic rings. The number of hydrogen-bond acceptors (Lipinski definition) is 6. The Bertz CT molecular complexity index is 1680. The fraction of sp³-hybridized carbons (Fsp3) is 0.364. The lowest BCUT2D eigenvalue weighted by Crippen LogP contribution is -2.33. The van der Waals surface area contributed by atoms with Crippen molar-refractivity contribution in [3.63, 3.8) is 0 Å². The van der Waals surface area contributed by atoms with E-state index in [0.29, 0.717) is 30.6 Å². The van der Waals surface area contributed by atoms with E-state index >= 15 is 0 Å². The second kappa shape index (κ2) is 11.5. The number of carbonyl (C=O) groups is 1. The van der Waals surface area contributed by atoms with Gasteiger partial charge in [0, 0.05) is 30.4 Å². The zero-order valence-corrected chi connectivity index (χ0v) is 24.1. The van der Waals surface area contributed by atoms with E-state index in [-0.39, 0.29) is 11.7 Å². The van der Waals surface area contributed by atoms with E-state index in [9.17, 15) is 9.90 Å². The average molecular weight is 585 g/mol. The van der Waals surface area contributed by atoms with Crippen molar-refractivity contribution < 1.29 is 19.4 Å². The van der Waals surface area contributed by atoms with Crippen molar-refractivity contribution in [2.24, 2.45) is 0 Å². The number of nitrogens with zero attached hydrogens (tertiary/aromatic N) is 4. The zero-order valence-electron chi connectivity index (χ0n) is 23.3. The van der Waals surface area contributed by atoms with Gasteiger partial charge in [-0.1, -0.05) is 29.8 Å². The van der Waals surface area contributed by atoms with Crippen LogP contribution < -0.4 is 4.74 Å². The van der Waals surface area contributed by atoms with E-state index in [1.54, 1.807) is 18.2 Å². The highest BCUT2D eigenvalue weighted by atomic mass is 35.5. The smallest absolute Gasteiger partial charge is 0.335 e. The van der Waals surface area contributed by atoms with Crippen LogP contribution in [0.2, 0.25) is 5.02 Å². The average Bonchev–Trinajstić information content (AvgIpc) is 3.31. The molecule has 2 aromatic heterocycles. The van der Waals surface area contributed by atoms with Crippen LogP contribution in [0.4, 0.5) is 0 Å². The number of rotatable bonds is 8. The molecule has 1 N–H and O–H groups in total. The highest BCUT2D eigenvalue weighted by molar-refractivity contribution is 6.30. The maximum Gasteiger partial charge on any atom is 0.335 e. The first-order valence-corrected chi connectivity index (χ1v) is 15.0. The lowest BCUT2D eigenvalue weighted by molar-refractivity contribution is -0.0591. The van der Waals surface area contributed by atoms with E-state index in [2.05, 4.69) is 39.8 Å². The molecular formula is C33H33ClN4O4. The molecule has 3 aliphatic heterocycles. The Kier molecular flexibility index (Phi) is 7.44. The third kappa shape index (κ3) is 5.54. The number of aromatic nitrogens is 3. The minimum atomic E-state index is -0.931. The lowest BCUT2D eigenvalue weighted by Gasteiger charge is -2.29. The van der Waals surface area contributed by atoms with Crippen LogP contribution in [0, 0.1) is 0 Å². The minimum absolute atomic E-state index is 0.147. The molecule has 0 bridgehead atoms. The van der Waals surface area contributed by atoms with E-state index in [1.807, 2.05) is 12.1 Å². The molecular weight excluding hydrogens is 552 g/mol. The monoisotopic (exact) mass is 584 g/mol. The Labute approximate surface area is 249 Å². The Morgan fingerprint density at radius 2 is 1.98 bits per heavy atom.